The minimum absolute atomic E-state index is 0.306. The summed E-state index contributed by atoms with van der Waals surface area (Å²) >= 11 is 0. The average molecular weight is 431 g/mol. The number of rotatable bonds is 5. The van der Waals surface area contributed by atoms with Crippen molar-refractivity contribution in [1.29, 1.82) is 0 Å². The first-order chi connectivity index (χ1) is 15.7. The van der Waals surface area contributed by atoms with E-state index in [1.807, 2.05) is 0 Å². The molecule has 0 radical (unpaired) electrons. The van der Waals surface area contributed by atoms with Gasteiger partial charge in [0.05, 0.1) is 6.54 Å². The molecule has 0 unspecified atom stereocenters. The van der Waals surface area contributed by atoms with Crippen LogP contribution in [-0.2, 0) is 17.8 Å². The van der Waals surface area contributed by atoms with E-state index in [4.69, 9.17) is 0 Å². The van der Waals surface area contributed by atoms with Crippen molar-refractivity contribution in [2.75, 3.05) is 45.8 Å². The molecular formula is C27H34N4O+2. The summed E-state index contributed by atoms with van der Waals surface area (Å²) in [4.78, 5) is 21.8. The Morgan fingerprint density at radius 3 is 2.66 bits per heavy atom. The van der Waals surface area contributed by atoms with Crippen LogP contribution in [0, 0.1) is 6.92 Å². The van der Waals surface area contributed by atoms with Gasteiger partial charge in [-0.15, -0.1) is 0 Å². The van der Waals surface area contributed by atoms with Crippen molar-refractivity contribution >= 4 is 22.9 Å². The molecule has 0 atom stereocenters. The van der Waals surface area contributed by atoms with Crippen molar-refractivity contribution < 1.29 is 14.6 Å². The monoisotopic (exact) mass is 430 g/mol. The van der Waals surface area contributed by atoms with Gasteiger partial charge in [0, 0.05) is 41.7 Å². The number of aromatic nitrogens is 1. The largest absolute Gasteiger partial charge is 0.358 e. The highest BCUT2D eigenvalue weighted by Crippen LogP contribution is 2.28. The molecule has 0 spiro atoms. The Labute approximate surface area is 190 Å². The van der Waals surface area contributed by atoms with Crippen LogP contribution in [0.15, 0.2) is 54.6 Å². The van der Waals surface area contributed by atoms with E-state index in [1.54, 1.807) is 4.90 Å². The molecule has 1 saturated heterocycles. The predicted molar refractivity (Wildman–Crippen MR) is 129 cm³/mol. The number of aryl methyl sites for hydroxylation is 1. The summed E-state index contributed by atoms with van der Waals surface area (Å²) in [5.74, 6) is 0.306. The molecule has 2 aromatic carbocycles. The molecule has 166 valence electrons. The lowest BCUT2D eigenvalue weighted by atomic mass is 10.0. The molecule has 1 fully saturated rings. The minimum atomic E-state index is 0.306. The van der Waals surface area contributed by atoms with Crippen molar-refractivity contribution in [2.24, 2.45) is 0 Å². The van der Waals surface area contributed by atoms with Crippen LogP contribution in [0.3, 0.4) is 0 Å². The third-order valence-electron chi connectivity index (χ3n) is 7.07. The number of nitrogens with zero attached hydrogens (tertiary/aromatic N) is 1. The van der Waals surface area contributed by atoms with Crippen LogP contribution in [-0.4, -0.2) is 61.6 Å². The van der Waals surface area contributed by atoms with E-state index in [-0.39, 0.29) is 0 Å². The van der Waals surface area contributed by atoms with E-state index in [9.17, 15) is 4.79 Å². The van der Waals surface area contributed by atoms with Crippen molar-refractivity contribution in [2.45, 2.75) is 19.9 Å². The number of hydrogen-bond acceptors (Lipinski definition) is 1. The van der Waals surface area contributed by atoms with E-state index in [2.05, 4.69) is 77.5 Å². The van der Waals surface area contributed by atoms with E-state index in [0.29, 0.717) is 12.5 Å². The van der Waals surface area contributed by atoms with E-state index in [0.717, 1.165) is 52.2 Å². The van der Waals surface area contributed by atoms with Crippen molar-refractivity contribution in [3.63, 3.8) is 0 Å². The van der Waals surface area contributed by atoms with Gasteiger partial charge in [0.25, 0.3) is 5.91 Å². The normalized spacial score (nSPS) is 21.2. The van der Waals surface area contributed by atoms with Gasteiger partial charge in [-0.1, -0.05) is 48.0 Å². The zero-order valence-corrected chi connectivity index (χ0v) is 19.0. The lowest BCUT2D eigenvalue weighted by Gasteiger charge is -2.32. The predicted octanol–water partition coefficient (Wildman–Crippen LogP) is 0.858. The molecule has 3 N–H and O–H groups in total. The Kier molecular flexibility index (Phi) is 6.10. The fourth-order valence-electron chi connectivity index (χ4n) is 5.13. The molecular weight excluding hydrogens is 396 g/mol. The summed E-state index contributed by atoms with van der Waals surface area (Å²) in [6.07, 6.45) is 5.43. The zero-order chi connectivity index (χ0) is 21.9. The molecule has 2 aliphatic heterocycles. The number of carbonyl (C=O) groups is 1. The Hall–Kier alpha value is -2.89. The number of fused-ring (bicyclic) bond motifs is 3. The molecule has 32 heavy (non-hydrogen) atoms. The average Bonchev–Trinajstić information content (AvgIpc) is 3.18. The summed E-state index contributed by atoms with van der Waals surface area (Å²) in [5.41, 5.74) is 6.35. The maximum Gasteiger partial charge on any atom is 0.278 e. The van der Waals surface area contributed by atoms with Crippen LogP contribution in [0.1, 0.15) is 22.4 Å². The van der Waals surface area contributed by atoms with Gasteiger partial charge < -0.3 is 19.7 Å². The number of piperazine rings is 1. The highest BCUT2D eigenvalue weighted by molar-refractivity contribution is 5.86. The van der Waals surface area contributed by atoms with Gasteiger partial charge in [0.2, 0.25) is 0 Å². The minimum Gasteiger partial charge on any atom is -0.358 e. The Morgan fingerprint density at radius 2 is 1.84 bits per heavy atom. The number of aromatic amines is 1. The lowest BCUT2D eigenvalue weighted by Crippen LogP contribution is -3.28. The van der Waals surface area contributed by atoms with Gasteiger partial charge in [-0.25, -0.2) is 0 Å². The molecule has 5 nitrogen and oxygen atoms in total. The van der Waals surface area contributed by atoms with Crippen LogP contribution in [0.25, 0.3) is 17.0 Å². The SMILES string of the molecule is Cc1ccc2[nH]c3c(c2c1)CN(C(=O)C[NH+]1CC[NH+](C/C=C/c2ccccc2)CC1)CC3. The Balaban J connectivity index is 1.12. The van der Waals surface area contributed by atoms with Crippen LogP contribution in [0.4, 0.5) is 0 Å². The maximum absolute atomic E-state index is 13.1. The third-order valence-corrected chi connectivity index (χ3v) is 7.07. The fourth-order valence-corrected chi connectivity index (χ4v) is 5.13. The van der Waals surface area contributed by atoms with E-state index >= 15 is 0 Å². The van der Waals surface area contributed by atoms with Crippen LogP contribution >= 0.6 is 0 Å². The van der Waals surface area contributed by atoms with Crippen molar-refractivity contribution in [3.8, 4) is 0 Å². The standard InChI is InChI=1S/C27H32N4O/c1-21-9-10-25-23(18-21)24-19-31(13-11-26(24)28-25)27(32)20-30-16-14-29(15-17-30)12-5-8-22-6-3-2-4-7-22/h2-10,18,28H,11-17,19-20H2,1H3/p+2/b8-5+. The highest BCUT2D eigenvalue weighted by Gasteiger charge is 2.29. The highest BCUT2D eigenvalue weighted by atomic mass is 16.2. The number of carbonyl (C=O) groups excluding carboxylic acids is 1. The number of benzene rings is 2. The summed E-state index contributed by atoms with van der Waals surface area (Å²) in [7, 11) is 0. The van der Waals surface area contributed by atoms with Gasteiger partial charge >= 0.3 is 0 Å². The molecule has 3 aromatic rings. The second kappa shape index (κ2) is 9.31. The Bertz CT molecular complexity index is 1110. The van der Waals surface area contributed by atoms with E-state index < -0.39 is 0 Å². The first-order valence-corrected chi connectivity index (χ1v) is 11.9. The van der Waals surface area contributed by atoms with Crippen molar-refractivity contribution in [1.82, 2.24) is 9.88 Å². The summed E-state index contributed by atoms with van der Waals surface area (Å²) in [6.45, 7) is 9.81. The van der Waals surface area contributed by atoms with Crippen LogP contribution in [0.2, 0.25) is 0 Å². The summed E-state index contributed by atoms with van der Waals surface area (Å²) in [5, 5.41) is 1.28. The molecule has 5 heteroatoms. The number of H-pyrrole nitrogens is 1. The smallest absolute Gasteiger partial charge is 0.278 e. The van der Waals surface area contributed by atoms with Crippen molar-refractivity contribution in [3.05, 3.63) is 77.0 Å². The van der Waals surface area contributed by atoms with E-state index in [1.165, 1.54) is 38.2 Å². The number of quaternary nitrogens is 2. The first kappa shape index (κ1) is 21.0. The summed E-state index contributed by atoms with van der Waals surface area (Å²) in [6, 6.07) is 17.0. The third kappa shape index (κ3) is 4.64. The molecule has 2 aliphatic rings. The molecule has 5 rings (SSSR count). The molecule has 0 aliphatic carbocycles. The summed E-state index contributed by atoms with van der Waals surface area (Å²) < 4.78 is 0. The molecule has 3 heterocycles. The second-order valence-corrected chi connectivity index (χ2v) is 9.39. The van der Waals surface area contributed by atoms with Gasteiger partial charge in [0.15, 0.2) is 6.54 Å². The molecule has 0 saturated carbocycles. The number of hydrogen-bond donors (Lipinski definition) is 3. The number of amides is 1. The van der Waals surface area contributed by atoms with Gasteiger partial charge in [0.1, 0.15) is 26.2 Å². The van der Waals surface area contributed by atoms with Gasteiger partial charge in [-0.3, -0.25) is 4.79 Å². The molecule has 1 amide bonds. The maximum atomic E-state index is 13.1. The van der Waals surface area contributed by atoms with Crippen LogP contribution in [0.5, 0.6) is 0 Å². The number of nitrogens with one attached hydrogen (secondary N) is 3. The Morgan fingerprint density at radius 1 is 1.06 bits per heavy atom. The van der Waals surface area contributed by atoms with Crippen LogP contribution < -0.4 is 9.80 Å². The lowest BCUT2D eigenvalue weighted by molar-refractivity contribution is -1.01. The fraction of sp³-hybridized carbons (Fsp3) is 0.370. The van der Waals surface area contributed by atoms with Gasteiger partial charge in [-0.05, 0) is 30.7 Å². The topological polar surface area (TPSA) is 45.0 Å². The first-order valence-electron chi connectivity index (χ1n) is 11.9. The van der Waals surface area contributed by atoms with Gasteiger partial charge in [-0.2, -0.15) is 0 Å². The zero-order valence-electron chi connectivity index (χ0n) is 19.0. The molecule has 0 bridgehead atoms. The molecule has 1 aromatic heterocycles. The second-order valence-electron chi connectivity index (χ2n) is 9.39. The quantitative estimate of drug-likeness (QED) is 0.552.